The minimum Gasteiger partial charge on any atom is -0.444 e. The second-order valence-electron chi connectivity index (χ2n) is 4.30. The van der Waals surface area contributed by atoms with E-state index in [0.29, 0.717) is 18.5 Å². The molecule has 5 heteroatoms. The van der Waals surface area contributed by atoms with Crippen LogP contribution in [0, 0.1) is 0 Å². The molecule has 96 valence electrons. The largest absolute Gasteiger partial charge is 0.444 e. The summed E-state index contributed by atoms with van der Waals surface area (Å²) >= 11 is 6.95. The van der Waals surface area contributed by atoms with Crippen LogP contribution in [0.5, 0.6) is 0 Å². The monoisotopic (exact) mass is 372 g/mol. The van der Waals surface area contributed by atoms with Crippen molar-refractivity contribution in [3.8, 4) is 11.5 Å². The lowest BCUT2D eigenvalue weighted by Gasteiger charge is -2.04. The summed E-state index contributed by atoms with van der Waals surface area (Å²) in [5.74, 6) is 0.628. The number of halogens is 2. The molecule has 0 aliphatic heterocycles. The second kappa shape index (κ2) is 5.99. The Bertz CT molecular complexity index is 538. The van der Waals surface area contributed by atoms with Crippen LogP contribution in [-0.4, -0.2) is 11.0 Å². The van der Waals surface area contributed by atoms with Gasteiger partial charge in [0.1, 0.15) is 6.26 Å². The van der Waals surface area contributed by atoms with Crippen LogP contribution in [0.1, 0.15) is 19.5 Å². The molecule has 0 spiro atoms. The van der Waals surface area contributed by atoms with Crippen molar-refractivity contribution in [3.05, 3.63) is 39.1 Å². The summed E-state index contributed by atoms with van der Waals surface area (Å²) in [6.45, 7) is 4.92. The summed E-state index contributed by atoms with van der Waals surface area (Å²) in [7, 11) is 0. The van der Waals surface area contributed by atoms with Crippen LogP contribution in [0.15, 0.2) is 37.8 Å². The van der Waals surface area contributed by atoms with Crippen LogP contribution in [0.2, 0.25) is 0 Å². The standard InChI is InChI=1S/C13H14Br2N2O/c1-8(2)16-6-10-7-18-13(17-10)11-5-9(14)3-4-12(11)15/h3-5,7-8,16H,6H2,1-2H3. The zero-order valence-electron chi connectivity index (χ0n) is 10.2. The second-order valence-corrected chi connectivity index (χ2v) is 6.07. The molecule has 0 radical (unpaired) electrons. The van der Waals surface area contributed by atoms with Gasteiger partial charge in [-0.15, -0.1) is 0 Å². The molecule has 0 saturated carbocycles. The Morgan fingerprint density at radius 1 is 1.33 bits per heavy atom. The molecule has 0 fully saturated rings. The lowest BCUT2D eigenvalue weighted by atomic mass is 10.2. The molecule has 1 heterocycles. The molecule has 0 aliphatic rings. The Balaban J connectivity index is 2.21. The van der Waals surface area contributed by atoms with Crippen molar-refractivity contribution in [1.29, 1.82) is 0 Å². The van der Waals surface area contributed by atoms with Crippen LogP contribution in [0.25, 0.3) is 11.5 Å². The molecule has 18 heavy (non-hydrogen) atoms. The fourth-order valence-corrected chi connectivity index (χ4v) is 2.26. The van der Waals surface area contributed by atoms with E-state index in [0.717, 1.165) is 20.2 Å². The highest BCUT2D eigenvalue weighted by Crippen LogP contribution is 2.30. The predicted molar refractivity (Wildman–Crippen MR) is 79.3 cm³/mol. The summed E-state index contributed by atoms with van der Waals surface area (Å²) in [6.07, 6.45) is 1.69. The van der Waals surface area contributed by atoms with E-state index >= 15 is 0 Å². The lowest BCUT2D eigenvalue weighted by Crippen LogP contribution is -2.21. The van der Waals surface area contributed by atoms with Crippen molar-refractivity contribution in [2.24, 2.45) is 0 Å². The lowest BCUT2D eigenvalue weighted by molar-refractivity contribution is 0.560. The number of hydrogen-bond acceptors (Lipinski definition) is 3. The van der Waals surface area contributed by atoms with Gasteiger partial charge in [-0.05, 0) is 34.1 Å². The molecule has 0 atom stereocenters. The van der Waals surface area contributed by atoms with Gasteiger partial charge in [-0.3, -0.25) is 0 Å². The maximum Gasteiger partial charge on any atom is 0.227 e. The third-order valence-electron chi connectivity index (χ3n) is 2.40. The molecule has 1 aromatic carbocycles. The molecule has 1 aromatic heterocycles. The molecule has 0 unspecified atom stereocenters. The smallest absolute Gasteiger partial charge is 0.227 e. The van der Waals surface area contributed by atoms with E-state index in [4.69, 9.17) is 4.42 Å². The van der Waals surface area contributed by atoms with Gasteiger partial charge in [0.2, 0.25) is 5.89 Å². The summed E-state index contributed by atoms with van der Waals surface area (Å²) in [5, 5.41) is 3.31. The molecule has 0 amide bonds. The number of nitrogens with one attached hydrogen (secondary N) is 1. The highest BCUT2D eigenvalue weighted by atomic mass is 79.9. The average Bonchev–Trinajstić information content (AvgIpc) is 2.78. The summed E-state index contributed by atoms with van der Waals surface area (Å²) in [6, 6.07) is 6.35. The first-order valence-electron chi connectivity index (χ1n) is 5.69. The number of aromatic nitrogens is 1. The van der Waals surface area contributed by atoms with Gasteiger partial charge >= 0.3 is 0 Å². The molecule has 3 nitrogen and oxygen atoms in total. The summed E-state index contributed by atoms with van der Waals surface area (Å²) in [4.78, 5) is 4.47. The van der Waals surface area contributed by atoms with Crippen molar-refractivity contribution in [1.82, 2.24) is 10.3 Å². The van der Waals surface area contributed by atoms with Gasteiger partial charge in [0.25, 0.3) is 0 Å². The van der Waals surface area contributed by atoms with Gasteiger partial charge in [0.15, 0.2) is 0 Å². The Labute approximate surface area is 123 Å². The van der Waals surface area contributed by atoms with Crippen LogP contribution >= 0.6 is 31.9 Å². The van der Waals surface area contributed by atoms with Crippen molar-refractivity contribution < 1.29 is 4.42 Å². The Morgan fingerprint density at radius 3 is 2.83 bits per heavy atom. The number of oxazole rings is 1. The number of rotatable bonds is 4. The van der Waals surface area contributed by atoms with Crippen molar-refractivity contribution in [2.45, 2.75) is 26.4 Å². The van der Waals surface area contributed by atoms with E-state index < -0.39 is 0 Å². The van der Waals surface area contributed by atoms with Crippen LogP contribution in [-0.2, 0) is 6.54 Å². The number of hydrogen-bond donors (Lipinski definition) is 1. The Hall–Kier alpha value is -0.650. The highest BCUT2D eigenvalue weighted by Gasteiger charge is 2.10. The fourth-order valence-electron chi connectivity index (χ4n) is 1.48. The Morgan fingerprint density at radius 2 is 2.11 bits per heavy atom. The SMILES string of the molecule is CC(C)NCc1coc(-c2cc(Br)ccc2Br)n1. The van der Waals surface area contributed by atoms with E-state index in [1.165, 1.54) is 0 Å². The van der Waals surface area contributed by atoms with Crippen molar-refractivity contribution in [3.63, 3.8) is 0 Å². The maximum atomic E-state index is 5.52. The van der Waals surface area contributed by atoms with Gasteiger partial charge in [-0.2, -0.15) is 0 Å². The van der Waals surface area contributed by atoms with E-state index in [1.807, 2.05) is 18.2 Å². The molecule has 0 bridgehead atoms. The van der Waals surface area contributed by atoms with Crippen LogP contribution in [0.4, 0.5) is 0 Å². The molecule has 1 N–H and O–H groups in total. The quantitative estimate of drug-likeness (QED) is 0.864. The number of nitrogens with zero attached hydrogens (tertiary/aromatic N) is 1. The molecular weight excluding hydrogens is 360 g/mol. The van der Waals surface area contributed by atoms with Gasteiger partial charge in [-0.1, -0.05) is 29.8 Å². The molecule has 2 rings (SSSR count). The van der Waals surface area contributed by atoms with Gasteiger partial charge in [0.05, 0.1) is 11.3 Å². The van der Waals surface area contributed by atoms with Crippen molar-refractivity contribution >= 4 is 31.9 Å². The molecular formula is C13H14Br2N2O. The maximum absolute atomic E-state index is 5.52. The topological polar surface area (TPSA) is 38.1 Å². The zero-order valence-corrected chi connectivity index (χ0v) is 13.4. The fraction of sp³-hybridized carbons (Fsp3) is 0.308. The van der Waals surface area contributed by atoms with E-state index in [-0.39, 0.29) is 0 Å². The van der Waals surface area contributed by atoms with Crippen molar-refractivity contribution in [2.75, 3.05) is 0 Å². The predicted octanol–water partition coefficient (Wildman–Crippen LogP) is 4.36. The first kappa shape index (κ1) is 13.8. The third-order valence-corrected chi connectivity index (χ3v) is 3.59. The summed E-state index contributed by atoms with van der Waals surface area (Å²) in [5.41, 5.74) is 1.85. The molecule has 0 aliphatic carbocycles. The minimum absolute atomic E-state index is 0.433. The van der Waals surface area contributed by atoms with Gasteiger partial charge in [0, 0.05) is 21.5 Å². The van der Waals surface area contributed by atoms with E-state index in [2.05, 4.69) is 56.0 Å². The van der Waals surface area contributed by atoms with Crippen LogP contribution in [0.3, 0.4) is 0 Å². The first-order valence-corrected chi connectivity index (χ1v) is 7.28. The third kappa shape index (κ3) is 3.43. The first-order chi connectivity index (χ1) is 8.56. The van der Waals surface area contributed by atoms with E-state index in [1.54, 1.807) is 6.26 Å². The minimum atomic E-state index is 0.433. The zero-order chi connectivity index (χ0) is 13.1. The molecule has 0 saturated heterocycles. The normalized spacial score (nSPS) is 11.2. The number of benzene rings is 1. The Kier molecular flexibility index (Phi) is 4.59. The summed E-state index contributed by atoms with van der Waals surface area (Å²) < 4.78 is 7.49. The molecule has 2 aromatic rings. The van der Waals surface area contributed by atoms with Gasteiger partial charge < -0.3 is 9.73 Å². The van der Waals surface area contributed by atoms with Gasteiger partial charge in [-0.25, -0.2) is 4.98 Å². The highest BCUT2D eigenvalue weighted by molar-refractivity contribution is 9.11. The average molecular weight is 374 g/mol. The van der Waals surface area contributed by atoms with Crippen LogP contribution < -0.4 is 5.32 Å². The van der Waals surface area contributed by atoms with E-state index in [9.17, 15) is 0 Å².